The van der Waals surface area contributed by atoms with Crippen molar-refractivity contribution in [3.05, 3.63) is 35.9 Å². The molecule has 0 radical (unpaired) electrons. The Kier molecular flexibility index (Phi) is 27.1. The molecule has 1 unspecified atom stereocenters. The van der Waals surface area contributed by atoms with E-state index in [0.29, 0.717) is 0 Å². The van der Waals surface area contributed by atoms with E-state index in [9.17, 15) is 0 Å². The van der Waals surface area contributed by atoms with E-state index in [1.807, 2.05) is 0 Å². The standard InChI is InChI=1S/C31H58P.BrH2P/c1-4-7-10-13-16-22-27-32(28-23-17-14-11-8-5-2,29-24-18-15-12-9-6-3)30-31-25-20-19-21-26-31;1-2/h19-21,25-26H,4-18,22-24,27-30H2,1-3H3;2H2/q+1;. The van der Waals surface area contributed by atoms with E-state index < -0.39 is 7.26 Å². The summed E-state index contributed by atoms with van der Waals surface area (Å²) < 4.78 is 0. The molecule has 0 N–H and O–H groups in total. The Hall–Kier alpha value is 0.560. The van der Waals surface area contributed by atoms with Crippen molar-refractivity contribution in [2.24, 2.45) is 0 Å². The average Bonchev–Trinajstić information content (AvgIpc) is 2.87. The van der Waals surface area contributed by atoms with Crippen molar-refractivity contribution in [3.63, 3.8) is 0 Å². The molecule has 0 aliphatic rings. The molecule has 0 fully saturated rings. The summed E-state index contributed by atoms with van der Waals surface area (Å²) in [7, 11) is 1.34. The fourth-order valence-electron chi connectivity index (χ4n) is 5.23. The molecule has 0 aliphatic carbocycles. The molecule has 0 nitrogen and oxygen atoms in total. The smallest absolute Gasteiger partial charge is 0.0679 e. The quantitative estimate of drug-likeness (QED) is 0.0901. The van der Waals surface area contributed by atoms with Gasteiger partial charge in [0.25, 0.3) is 0 Å². The first-order valence-corrected chi connectivity index (χ1v) is 20.6. The predicted octanol–water partition coefficient (Wildman–Crippen LogP) is 12.5. The second kappa shape index (κ2) is 26.6. The van der Waals surface area contributed by atoms with Crippen LogP contribution in [0.15, 0.2) is 30.3 Å². The molecule has 0 amide bonds. The zero-order chi connectivity index (χ0) is 25.2. The van der Waals surface area contributed by atoms with Gasteiger partial charge < -0.3 is 0 Å². The third-order valence-electron chi connectivity index (χ3n) is 7.32. The number of halogens is 1. The van der Waals surface area contributed by atoms with Gasteiger partial charge in [-0.25, -0.2) is 0 Å². The minimum atomic E-state index is -0.885. The van der Waals surface area contributed by atoms with Crippen molar-refractivity contribution in [2.75, 3.05) is 18.5 Å². The van der Waals surface area contributed by atoms with Crippen LogP contribution < -0.4 is 0 Å². The lowest BCUT2D eigenvalue weighted by Crippen LogP contribution is -2.12. The van der Waals surface area contributed by atoms with Gasteiger partial charge in [-0.3, -0.25) is 0 Å². The summed E-state index contributed by atoms with van der Waals surface area (Å²) in [6, 6.07) is 11.6. The lowest BCUT2D eigenvalue weighted by Gasteiger charge is -2.28. The van der Waals surface area contributed by atoms with E-state index in [0.717, 1.165) is 0 Å². The monoisotopic (exact) mass is 573 g/mol. The second-order valence-electron chi connectivity index (χ2n) is 10.5. The molecule has 1 aromatic rings. The summed E-state index contributed by atoms with van der Waals surface area (Å²) in [5, 5.41) is 0. The molecule has 0 bridgehead atoms. The second-order valence-corrected chi connectivity index (χ2v) is 14.8. The van der Waals surface area contributed by atoms with Crippen molar-refractivity contribution in [1.82, 2.24) is 0 Å². The fraction of sp³-hybridized carbons (Fsp3) is 0.806. The Balaban J connectivity index is 0.00000529. The predicted molar refractivity (Wildman–Crippen MR) is 170 cm³/mol. The van der Waals surface area contributed by atoms with Gasteiger partial charge in [0.15, 0.2) is 0 Å². The zero-order valence-corrected chi connectivity index (χ0v) is 27.0. The summed E-state index contributed by atoms with van der Waals surface area (Å²) in [4.78, 5) is 0. The van der Waals surface area contributed by atoms with Gasteiger partial charge in [-0.2, -0.15) is 0 Å². The summed E-state index contributed by atoms with van der Waals surface area (Å²) in [5.41, 5.74) is 1.63. The van der Waals surface area contributed by atoms with Crippen molar-refractivity contribution < 1.29 is 0 Å². The van der Waals surface area contributed by atoms with Crippen LogP contribution in [0.3, 0.4) is 0 Å². The highest BCUT2D eigenvalue weighted by Gasteiger charge is 2.35. The molecule has 0 heterocycles. The molecular weight excluding hydrogens is 514 g/mol. The van der Waals surface area contributed by atoms with E-state index in [1.165, 1.54) is 122 Å². The normalized spacial score (nSPS) is 11.3. The molecule has 0 spiro atoms. The maximum atomic E-state index is 2.85. The highest BCUT2D eigenvalue weighted by atomic mass is 79.9. The van der Waals surface area contributed by atoms with Crippen molar-refractivity contribution in [3.8, 4) is 0 Å². The van der Waals surface area contributed by atoms with Crippen molar-refractivity contribution in [2.45, 2.75) is 143 Å². The lowest BCUT2D eigenvalue weighted by molar-refractivity contribution is 0.615. The number of benzene rings is 1. The van der Waals surface area contributed by atoms with Crippen LogP contribution in [-0.4, -0.2) is 18.5 Å². The fourth-order valence-corrected chi connectivity index (χ4v) is 10.0. The maximum absolute atomic E-state index is 2.85. The molecule has 0 saturated carbocycles. The molecule has 200 valence electrons. The topological polar surface area (TPSA) is 0 Å². The SMILES string of the molecule is CCCCCCCC[P+](CCCCCCCC)(CCCCCCCC)Cc1ccccc1.PBr. The minimum absolute atomic E-state index is 0.885. The molecule has 0 saturated heterocycles. The highest BCUT2D eigenvalue weighted by molar-refractivity contribution is 9.34. The highest BCUT2D eigenvalue weighted by Crippen LogP contribution is 2.63. The Labute approximate surface area is 226 Å². The van der Waals surface area contributed by atoms with E-state index in [-0.39, 0.29) is 0 Å². The van der Waals surface area contributed by atoms with Gasteiger partial charge in [-0.05, 0) is 44.1 Å². The minimum Gasteiger partial charge on any atom is -0.0679 e. The van der Waals surface area contributed by atoms with Crippen LogP contribution >= 0.6 is 30.7 Å². The Bertz CT molecular complexity index is 465. The summed E-state index contributed by atoms with van der Waals surface area (Å²) in [5.74, 6) is 0. The number of hydrogen-bond donors (Lipinski definition) is 0. The lowest BCUT2D eigenvalue weighted by atomic mass is 10.1. The van der Waals surface area contributed by atoms with Crippen LogP contribution in [0.1, 0.15) is 142 Å². The van der Waals surface area contributed by atoms with Gasteiger partial charge in [0.2, 0.25) is 0 Å². The van der Waals surface area contributed by atoms with Crippen LogP contribution in [0.4, 0.5) is 0 Å². The summed E-state index contributed by atoms with van der Waals surface area (Å²) in [6.07, 6.45) is 32.2. The maximum Gasteiger partial charge on any atom is 0.0842 e. The van der Waals surface area contributed by atoms with Crippen molar-refractivity contribution >= 4 is 30.7 Å². The number of hydrogen-bond acceptors (Lipinski definition) is 0. The summed E-state index contributed by atoms with van der Waals surface area (Å²) >= 11 is 2.85. The Morgan fingerprint density at radius 2 is 0.824 bits per heavy atom. The van der Waals surface area contributed by atoms with Crippen LogP contribution in [0.5, 0.6) is 0 Å². The first kappa shape index (κ1) is 34.6. The zero-order valence-electron chi connectivity index (χ0n) is 23.3. The number of rotatable bonds is 23. The number of unbranched alkanes of at least 4 members (excludes halogenated alkanes) is 15. The molecule has 34 heavy (non-hydrogen) atoms. The molecule has 0 aliphatic heterocycles. The van der Waals surface area contributed by atoms with Gasteiger partial charge in [-0.1, -0.05) is 152 Å². The van der Waals surface area contributed by atoms with Crippen LogP contribution in [-0.2, 0) is 6.16 Å². The first-order chi connectivity index (χ1) is 16.8. The Morgan fingerprint density at radius 1 is 0.500 bits per heavy atom. The largest absolute Gasteiger partial charge is 0.0842 e. The Morgan fingerprint density at radius 3 is 1.18 bits per heavy atom. The van der Waals surface area contributed by atoms with Gasteiger partial charge >= 0.3 is 0 Å². The van der Waals surface area contributed by atoms with E-state index in [1.54, 1.807) is 24.0 Å². The third kappa shape index (κ3) is 19.7. The van der Waals surface area contributed by atoms with E-state index in [4.69, 9.17) is 0 Å². The van der Waals surface area contributed by atoms with E-state index in [2.05, 4.69) is 74.5 Å². The van der Waals surface area contributed by atoms with Gasteiger partial charge in [0, 0.05) is 7.26 Å². The molecule has 1 atom stereocenters. The molecule has 1 rings (SSSR count). The van der Waals surface area contributed by atoms with Crippen LogP contribution in [0.2, 0.25) is 0 Å². The van der Waals surface area contributed by atoms with Crippen LogP contribution in [0, 0.1) is 0 Å². The van der Waals surface area contributed by atoms with Gasteiger partial charge in [0.1, 0.15) is 0 Å². The van der Waals surface area contributed by atoms with Crippen molar-refractivity contribution in [1.29, 1.82) is 0 Å². The molecular formula is C31H60BrP2+. The molecule has 1 aromatic carbocycles. The van der Waals surface area contributed by atoms with E-state index >= 15 is 0 Å². The molecule has 3 heteroatoms. The first-order valence-electron chi connectivity index (χ1n) is 14.9. The van der Waals surface area contributed by atoms with Crippen LogP contribution in [0.25, 0.3) is 0 Å². The average molecular weight is 575 g/mol. The van der Waals surface area contributed by atoms with Gasteiger partial charge in [0.05, 0.1) is 24.6 Å². The molecule has 0 aromatic heterocycles. The summed E-state index contributed by atoms with van der Waals surface area (Å²) in [6.45, 7) is 6.99. The third-order valence-corrected chi connectivity index (χ3v) is 12.1. The van der Waals surface area contributed by atoms with Gasteiger partial charge in [-0.15, -0.1) is 0 Å².